The first-order valence-corrected chi connectivity index (χ1v) is 0. The van der Waals surface area contributed by atoms with Crippen LogP contribution in [0.25, 0.3) is 0 Å². The Hall–Kier alpha value is 2.06. The molecule has 0 heterocycles. The monoisotopic (exact) mass is 450 g/mol. The van der Waals surface area contributed by atoms with Crippen molar-refractivity contribution in [3.8, 4) is 0 Å². The Morgan fingerprint density at radius 3 is 0.231 bits per heavy atom. The first-order chi connectivity index (χ1) is 0. The molecule has 0 rings (SSSR count). The van der Waals surface area contributed by atoms with Crippen LogP contribution in [0.1, 0.15) is 0 Å². The van der Waals surface area contributed by atoms with Gasteiger partial charge in [-0.25, -0.2) is 0 Å². The SMILES string of the molecule is [O-2].[O-2].[O-2].[O-2].[O-2].[O-2].[O-2].[O-2].[O-2].[Ru+4].[Ru+4].[V+5].[V+5]. The fourth-order valence-electron chi connectivity index (χ4n) is 0. The minimum Gasteiger partial charge on any atom is -2.00 e. The molecule has 0 unspecified atom stereocenters. The molecule has 0 fully saturated rings. The van der Waals surface area contributed by atoms with E-state index in [2.05, 4.69) is 0 Å². The summed E-state index contributed by atoms with van der Waals surface area (Å²) in [5, 5.41) is 0. The van der Waals surface area contributed by atoms with Crippen LogP contribution >= 0.6 is 0 Å². The zero-order valence-electron chi connectivity index (χ0n) is 5.28. The first-order valence-electron chi connectivity index (χ1n) is 0. The van der Waals surface area contributed by atoms with Gasteiger partial charge in [0, 0.05) is 0 Å². The molecule has 9 nitrogen and oxygen atoms in total. The van der Waals surface area contributed by atoms with Crippen LogP contribution in [0.3, 0.4) is 0 Å². The van der Waals surface area contributed by atoms with E-state index in [1.165, 1.54) is 0 Å². The number of rotatable bonds is 0. The molecule has 0 bridgehead atoms. The van der Waals surface area contributed by atoms with Crippen LogP contribution in [0.15, 0.2) is 0 Å². The fraction of sp³-hybridized carbons (Fsp3) is 0. The van der Waals surface area contributed by atoms with Crippen molar-refractivity contribution in [3.05, 3.63) is 0 Å². The number of hydrogen-bond acceptors (Lipinski definition) is 0. The molecule has 0 radical (unpaired) electrons. The zero-order valence-corrected chi connectivity index (χ0v) is 11.5. The van der Waals surface area contributed by atoms with E-state index in [-0.39, 0.29) is 125 Å². The third-order valence-corrected chi connectivity index (χ3v) is 0. The van der Waals surface area contributed by atoms with Crippen LogP contribution in [0.4, 0.5) is 0 Å². The van der Waals surface area contributed by atoms with Crippen LogP contribution in [-0.4, -0.2) is 0 Å². The summed E-state index contributed by atoms with van der Waals surface area (Å²) in [6.45, 7) is 0. The molecule has 0 aromatic carbocycles. The summed E-state index contributed by atoms with van der Waals surface area (Å²) in [5.41, 5.74) is 0. The van der Waals surface area contributed by atoms with Crippen molar-refractivity contribution in [1.82, 2.24) is 0 Å². The van der Waals surface area contributed by atoms with Gasteiger partial charge in [0.1, 0.15) is 0 Å². The van der Waals surface area contributed by atoms with Gasteiger partial charge in [-0.2, -0.15) is 0 Å². The van der Waals surface area contributed by atoms with Crippen molar-refractivity contribution in [2.45, 2.75) is 0 Å². The second kappa shape index (κ2) is 567. The van der Waals surface area contributed by atoms with Crippen molar-refractivity contribution in [3.63, 3.8) is 0 Å². The van der Waals surface area contributed by atoms with Gasteiger partial charge in [0.15, 0.2) is 0 Å². The van der Waals surface area contributed by atoms with E-state index in [0.717, 1.165) is 0 Å². The van der Waals surface area contributed by atoms with Gasteiger partial charge in [-0.1, -0.05) is 0 Å². The summed E-state index contributed by atoms with van der Waals surface area (Å²) >= 11 is 0. The molecule has 13 heavy (non-hydrogen) atoms. The maximum atomic E-state index is 0. The van der Waals surface area contributed by atoms with Gasteiger partial charge < -0.3 is 49.3 Å². The van der Waals surface area contributed by atoms with E-state index in [0.29, 0.717) is 0 Å². The Bertz CT molecular complexity index is 15.6. The van der Waals surface area contributed by atoms with Gasteiger partial charge in [0.05, 0.1) is 0 Å². The summed E-state index contributed by atoms with van der Waals surface area (Å²) in [7, 11) is 0. The predicted molar refractivity (Wildman–Crippen MR) is 6.18 cm³/mol. The molecular weight excluding hydrogens is 448 g/mol. The Balaban J connectivity index is 0. The van der Waals surface area contributed by atoms with E-state index in [4.69, 9.17) is 0 Å². The van der Waals surface area contributed by atoms with Gasteiger partial charge in [-0.05, 0) is 0 Å². The molecule has 0 amide bonds. The van der Waals surface area contributed by atoms with Crippen molar-refractivity contribution in [2.24, 2.45) is 0 Å². The van der Waals surface area contributed by atoms with Crippen LogP contribution in [0.5, 0.6) is 0 Å². The van der Waals surface area contributed by atoms with Crippen molar-refractivity contribution in [1.29, 1.82) is 0 Å². The van der Waals surface area contributed by atoms with E-state index in [1.54, 1.807) is 0 Å². The standard InChI is InChI=1S/9O.2Ru.2V/q9*-2;2*+4;2*+5. The molecule has 0 aromatic rings. The Labute approximate surface area is 124 Å². The zero-order chi connectivity index (χ0) is 0. The summed E-state index contributed by atoms with van der Waals surface area (Å²) < 4.78 is 0. The Morgan fingerprint density at radius 1 is 0.231 bits per heavy atom. The van der Waals surface area contributed by atoms with Crippen LogP contribution < -0.4 is 0 Å². The number of hydrogen-bond donors (Lipinski definition) is 0. The normalized spacial score (nSPS) is 0. The van der Waals surface area contributed by atoms with E-state index >= 15 is 0 Å². The third-order valence-electron chi connectivity index (χ3n) is 0. The van der Waals surface area contributed by atoms with Crippen LogP contribution in [0, 0.1) is 0 Å². The molecule has 0 saturated carbocycles. The molecule has 0 aliphatic rings. The van der Waals surface area contributed by atoms with E-state index in [9.17, 15) is 0 Å². The molecule has 13 heteroatoms. The summed E-state index contributed by atoms with van der Waals surface area (Å²) in [5.74, 6) is 0. The molecule has 0 aliphatic heterocycles. The average Bonchev–Trinajstić information content (AvgIpc) is 0. The first kappa shape index (κ1) is 704. The minimum atomic E-state index is 0. The van der Waals surface area contributed by atoms with Gasteiger partial charge in [0.2, 0.25) is 0 Å². The molecule has 0 spiro atoms. The molecule has 0 aliphatic carbocycles. The largest absolute Gasteiger partial charge is 5.00 e. The van der Waals surface area contributed by atoms with Crippen molar-refractivity contribution in [2.75, 3.05) is 0 Å². The second-order valence-electron chi connectivity index (χ2n) is 0. The van der Waals surface area contributed by atoms with Crippen LogP contribution in [-0.2, 0) is 125 Å². The Kier molecular flexibility index (Phi) is 30700. The average molecular weight is 448 g/mol. The molecular formula is O9Ru2V2. The second-order valence-corrected chi connectivity index (χ2v) is 0. The van der Waals surface area contributed by atoms with Gasteiger partial charge in [-0.3, -0.25) is 0 Å². The summed E-state index contributed by atoms with van der Waals surface area (Å²) in [4.78, 5) is 0. The van der Waals surface area contributed by atoms with Gasteiger partial charge in [-0.15, -0.1) is 0 Å². The van der Waals surface area contributed by atoms with Gasteiger partial charge in [0.25, 0.3) is 0 Å². The molecule has 0 saturated heterocycles. The third kappa shape index (κ3) is 483. The molecule has 80 valence electrons. The van der Waals surface area contributed by atoms with Gasteiger partial charge >= 0.3 is 76.1 Å². The quantitative estimate of drug-likeness (QED) is 0.401. The maximum absolute atomic E-state index is 0. The smallest absolute Gasteiger partial charge is 2.00 e. The predicted octanol–water partition coefficient (Wildman–Crippen LogP) is -1.08. The van der Waals surface area contributed by atoms with Crippen molar-refractivity contribution >= 4 is 0 Å². The molecule has 0 atom stereocenters. The van der Waals surface area contributed by atoms with E-state index in [1.807, 2.05) is 0 Å². The maximum Gasteiger partial charge on any atom is 5.00 e. The van der Waals surface area contributed by atoms with E-state index < -0.39 is 0 Å². The molecule has 0 N–H and O–H groups in total. The fourth-order valence-corrected chi connectivity index (χ4v) is 0. The Morgan fingerprint density at radius 2 is 0.231 bits per heavy atom. The van der Waals surface area contributed by atoms with Crippen molar-refractivity contribution < 1.29 is 125 Å². The summed E-state index contributed by atoms with van der Waals surface area (Å²) in [6.07, 6.45) is 0. The summed E-state index contributed by atoms with van der Waals surface area (Å²) in [6, 6.07) is 0. The molecule has 0 aromatic heterocycles. The van der Waals surface area contributed by atoms with Crippen LogP contribution in [0.2, 0.25) is 0 Å². The minimum absolute atomic E-state index is 0. The topological polar surface area (TPSA) is 256 Å².